The van der Waals surface area contributed by atoms with Crippen molar-refractivity contribution < 1.29 is 0 Å². The maximum Gasteiger partial charge on any atom is 0.0198 e. The highest BCUT2D eigenvalue weighted by Crippen LogP contribution is 2.31. The van der Waals surface area contributed by atoms with Gasteiger partial charge in [-0.05, 0) is 44.1 Å². The van der Waals surface area contributed by atoms with Crippen molar-refractivity contribution in [3.8, 4) is 0 Å². The summed E-state index contributed by atoms with van der Waals surface area (Å²) >= 11 is 0. The van der Waals surface area contributed by atoms with Gasteiger partial charge in [0.15, 0.2) is 0 Å². The lowest BCUT2D eigenvalue weighted by Crippen LogP contribution is -2.55. The van der Waals surface area contributed by atoms with Crippen molar-refractivity contribution in [3.63, 3.8) is 0 Å². The van der Waals surface area contributed by atoms with Gasteiger partial charge < -0.3 is 5.32 Å². The van der Waals surface area contributed by atoms with E-state index in [1.165, 1.54) is 51.7 Å². The fraction of sp³-hybridized carbons (Fsp3) is 1.00. The van der Waals surface area contributed by atoms with E-state index in [1.807, 2.05) is 0 Å². The van der Waals surface area contributed by atoms with Gasteiger partial charge in [-0.3, -0.25) is 4.90 Å². The van der Waals surface area contributed by atoms with Gasteiger partial charge in [-0.25, -0.2) is 0 Å². The molecule has 2 nitrogen and oxygen atoms in total. The molecule has 2 unspecified atom stereocenters. The molecular weight excluding hydrogens is 208 g/mol. The van der Waals surface area contributed by atoms with Crippen molar-refractivity contribution >= 4 is 0 Å². The van der Waals surface area contributed by atoms with Crippen LogP contribution in [0.5, 0.6) is 0 Å². The van der Waals surface area contributed by atoms with Gasteiger partial charge in [-0.15, -0.1) is 0 Å². The lowest BCUT2D eigenvalue weighted by atomic mass is 9.82. The van der Waals surface area contributed by atoms with E-state index in [4.69, 9.17) is 0 Å². The lowest BCUT2D eigenvalue weighted by molar-refractivity contribution is 0.0453. The summed E-state index contributed by atoms with van der Waals surface area (Å²) in [5, 5.41) is 3.75. The molecule has 0 radical (unpaired) electrons. The molecule has 1 heterocycles. The SMILES string of the molecule is CCCNC1CC(C(C)C)CN(C2CCC2)C1. The van der Waals surface area contributed by atoms with Crippen LogP contribution in [0.15, 0.2) is 0 Å². The highest BCUT2D eigenvalue weighted by atomic mass is 15.2. The van der Waals surface area contributed by atoms with Crippen molar-refractivity contribution in [2.45, 2.75) is 65.0 Å². The van der Waals surface area contributed by atoms with E-state index >= 15 is 0 Å². The van der Waals surface area contributed by atoms with Crippen molar-refractivity contribution in [1.29, 1.82) is 0 Å². The molecule has 1 saturated carbocycles. The summed E-state index contributed by atoms with van der Waals surface area (Å²) in [6.45, 7) is 10.9. The first kappa shape index (κ1) is 13.4. The van der Waals surface area contributed by atoms with E-state index in [0.29, 0.717) is 0 Å². The summed E-state index contributed by atoms with van der Waals surface area (Å²) in [6.07, 6.45) is 7.00. The molecule has 1 saturated heterocycles. The maximum absolute atomic E-state index is 3.75. The Morgan fingerprint density at radius 1 is 1.24 bits per heavy atom. The standard InChI is InChI=1S/C15H30N2/c1-4-8-16-14-9-13(12(2)3)10-17(11-14)15-6-5-7-15/h12-16H,4-11H2,1-3H3. The van der Waals surface area contributed by atoms with Gasteiger partial charge >= 0.3 is 0 Å². The monoisotopic (exact) mass is 238 g/mol. The van der Waals surface area contributed by atoms with Gasteiger partial charge in [0.25, 0.3) is 0 Å². The Morgan fingerprint density at radius 2 is 2.00 bits per heavy atom. The van der Waals surface area contributed by atoms with E-state index in [9.17, 15) is 0 Å². The second-order valence-corrected chi connectivity index (χ2v) is 6.43. The largest absolute Gasteiger partial charge is 0.313 e. The Labute approximate surface area is 107 Å². The molecule has 2 rings (SSSR count). The Bertz CT molecular complexity index is 223. The predicted octanol–water partition coefficient (Wildman–Crippen LogP) is 2.89. The second kappa shape index (κ2) is 6.19. The molecule has 100 valence electrons. The molecule has 17 heavy (non-hydrogen) atoms. The van der Waals surface area contributed by atoms with Crippen LogP contribution in [0.1, 0.15) is 52.9 Å². The van der Waals surface area contributed by atoms with Crippen molar-refractivity contribution in [3.05, 3.63) is 0 Å². The zero-order valence-corrected chi connectivity index (χ0v) is 11.9. The zero-order valence-electron chi connectivity index (χ0n) is 11.9. The van der Waals surface area contributed by atoms with Crippen LogP contribution in [-0.2, 0) is 0 Å². The molecule has 0 amide bonds. The fourth-order valence-corrected chi connectivity index (χ4v) is 3.20. The quantitative estimate of drug-likeness (QED) is 0.792. The van der Waals surface area contributed by atoms with Gasteiger partial charge in [0, 0.05) is 25.2 Å². The number of nitrogens with one attached hydrogen (secondary N) is 1. The minimum Gasteiger partial charge on any atom is -0.313 e. The highest BCUT2D eigenvalue weighted by molar-refractivity contribution is 4.90. The van der Waals surface area contributed by atoms with Crippen LogP contribution in [0.4, 0.5) is 0 Å². The van der Waals surface area contributed by atoms with Gasteiger partial charge in [0.1, 0.15) is 0 Å². The molecule has 1 aliphatic carbocycles. The van der Waals surface area contributed by atoms with Crippen LogP contribution in [0.25, 0.3) is 0 Å². The zero-order chi connectivity index (χ0) is 12.3. The average Bonchev–Trinajstić information content (AvgIpc) is 2.23. The van der Waals surface area contributed by atoms with Crippen molar-refractivity contribution in [2.24, 2.45) is 11.8 Å². The summed E-state index contributed by atoms with van der Waals surface area (Å²) < 4.78 is 0. The van der Waals surface area contributed by atoms with E-state index in [1.54, 1.807) is 0 Å². The van der Waals surface area contributed by atoms with E-state index in [0.717, 1.165) is 23.9 Å². The predicted molar refractivity (Wildman–Crippen MR) is 74.2 cm³/mol. The molecule has 2 fully saturated rings. The summed E-state index contributed by atoms with van der Waals surface area (Å²) in [7, 11) is 0. The molecule has 2 atom stereocenters. The van der Waals surface area contributed by atoms with Crippen LogP contribution in [0.2, 0.25) is 0 Å². The van der Waals surface area contributed by atoms with Gasteiger partial charge in [0.05, 0.1) is 0 Å². The van der Waals surface area contributed by atoms with Crippen LogP contribution in [-0.4, -0.2) is 36.6 Å². The Morgan fingerprint density at radius 3 is 2.53 bits per heavy atom. The van der Waals surface area contributed by atoms with Crippen LogP contribution >= 0.6 is 0 Å². The summed E-state index contributed by atoms with van der Waals surface area (Å²) in [5.74, 6) is 1.74. The number of likely N-dealkylation sites (tertiary alicyclic amines) is 1. The third-order valence-corrected chi connectivity index (χ3v) is 4.73. The maximum atomic E-state index is 3.75. The third-order valence-electron chi connectivity index (χ3n) is 4.73. The van der Waals surface area contributed by atoms with E-state index in [-0.39, 0.29) is 0 Å². The Balaban J connectivity index is 1.89. The summed E-state index contributed by atoms with van der Waals surface area (Å²) in [4.78, 5) is 2.78. The molecule has 1 aliphatic heterocycles. The number of rotatable bonds is 5. The first-order valence-electron chi connectivity index (χ1n) is 7.68. The van der Waals surface area contributed by atoms with Crippen molar-refractivity contribution in [2.75, 3.05) is 19.6 Å². The molecule has 1 N–H and O–H groups in total. The number of hydrogen-bond donors (Lipinski definition) is 1. The van der Waals surface area contributed by atoms with Gasteiger partial charge in [-0.2, -0.15) is 0 Å². The normalized spacial score (nSPS) is 31.8. The molecule has 0 aromatic carbocycles. The molecule has 0 aromatic rings. The number of nitrogens with zero attached hydrogens (tertiary/aromatic N) is 1. The van der Waals surface area contributed by atoms with Gasteiger partial charge in [0.2, 0.25) is 0 Å². The Kier molecular flexibility index (Phi) is 4.87. The molecule has 2 heteroatoms. The number of hydrogen-bond acceptors (Lipinski definition) is 2. The van der Waals surface area contributed by atoms with Crippen LogP contribution in [0, 0.1) is 11.8 Å². The number of piperidine rings is 1. The third kappa shape index (κ3) is 3.45. The van der Waals surface area contributed by atoms with E-state index < -0.39 is 0 Å². The average molecular weight is 238 g/mol. The lowest BCUT2D eigenvalue weighted by Gasteiger charge is -2.46. The molecular formula is C15H30N2. The minimum absolute atomic E-state index is 0.747. The fourth-order valence-electron chi connectivity index (χ4n) is 3.20. The molecule has 0 aromatic heterocycles. The molecule has 0 bridgehead atoms. The summed E-state index contributed by atoms with van der Waals surface area (Å²) in [5.41, 5.74) is 0. The topological polar surface area (TPSA) is 15.3 Å². The first-order valence-corrected chi connectivity index (χ1v) is 7.68. The van der Waals surface area contributed by atoms with Crippen molar-refractivity contribution in [1.82, 2.24) is 10.2 Å². The second-order valence-electron chi connectivity index (χ2n) is 6.43. The van der Waals surface area contributed by atoms with Crippen LogP contribution in [0.3, 0.4) is 0 Å². The molecule has 0 spiro atoms. The molecule has 2 aliphatic rings. The minimum atomic E-state index is 0.747. The van der Waals surface area contributed by atoms with E-state index in [2.05, 4.69) is 31.0 Å². The van der Waals surface area contributed by atoms with Gasteiger partial charge in [-0.1, -0.05) is 27.2 Å². The Hall–Kier alpha value is -0.0800. The first-order chi connectivity index (χ1) is 8.20. The highest BCUT2D eigenvalue weighted by Gasteiger charge is 2.34. The van der Waals surface area contributed by atoms with Crippen LogP contribution < -0.4 is 5.32 Å². The smallest absolute Gasteiger partial charge is 0.0198 e. The summed E-state index contributed by atoms with van der Waals surface area (Å²) in [6, 6.07) is 1.67.